The van der Waals surface area contributed by atoms with E-state index in [1.54, 1.807) is 0 Å². The van der Waals surface area contributed by atoms with Crippen LogP contribution in [-0.2, 0) is 21.9 Å². The highest BCUT2D eigenvalue weighted by Crippen LogP contribution is 2.31. The molecule has 1 aliphatic rings. The number of benzene rings is 1. The highest BCUT2D eigenvalue weighted by molar-refractivity contribution is 6.27. The van der Waals surface area contributed by atoms with Crippen LogP contribution in [0.1, 0.15) is 31.5 Å². The van der Waals surface area contributed by atoms with Crippen LogP contribution in [0.2, 0.25) is 0 Å². The minimum absolute atomic E-state index is 0.0869. The fraction of sp³-hybridized carbons (Fsp3) is 0.333. The van der Waals surface area contributed by atoms with E-state index in [0.717, 1.165) is 11.1 Å². The van der Waals surface area contributed by atoms with Gasteiger partial charge in [-0.15, -0.1) is 0 Å². The number of rotatable bonds is 8. The van der Waals surface area contributed by atoms with Gasteiger partial charge in [0.2, 0.25) is 0 Å². The number of ketones is 1. The summed E-state index contributed by atoms with van der Waals surface area (Å²) in [5, 5.41) is 5.11. The zero-order valence-corrected chi connectivity index (χ0v) is 16.7. The monoisotopic (exact) mass is 437 g/mol. The summed E-state index contributed by atoms with van der Waals surface area (Å²) in [5.41, 5.74) is 0.401. The summed E-state index contributed by atoms with van der Waals surface area (Å²) in [6.45, 7) is -0.137. The third-order valence-electron chi connectivity index (χ3n) is 4.78. The summed E-state index contributed by atoms with van der Waals surface area (Å²) in [4.78, 5) is 29.2. The van der Waals surface area contributed by atoms with Crippen LogP contribution >= 0.6 is 0 Å². The van der Waals surface area contributed by atoms with E-state index in [2.05, 4.69) is 14.8 Å². The molecule has 1 aromatic heterocycles. The molecule has 0 spiro atoms. The normalized spacial score (nSPS) is 16.6. The van der Waals surface area contributed by atoms with Crippen molar-refractivity contribution in [3.63, 3.8) is 0 Å². The fourth-order valence-electron chi connectivity index (χ4n) is 3.16. The van der Waals surface area contributed by atoms with Gasteiger partial charge in [-0.25, -0.2) is 0 Å². The summed E-state index contributed by atoms with van der Waals surface area (Å²) in [6.07, 6.45) is 0.530. The van der Waals surface area contributed by atoms with Crippen LogP contribution in [-0.4, -0.2) is 29.0 Å². The van der Waals surface area contributed by atoms with Crippen LogP contribution in [0.5, 0.6) is 5.75 Å². The Morgan fingerprint density at radius 1 is 1.23 bits per heavy atom. The first kappa shape index (κ1) is 22.4. The third-order valence-corrected chi connectivity index (χ3v) is 4.78. The van der Waals surface area contributed by atoms with Crippen molar-refractivity contribution < 1.29 is 31.9 Å². The Kier molecular flexibility index (Phi) is 6.37. The minimum Gasteiger partial charge on any atom is -0.435 e. The lowest BCUT2D eigenvalue weighted by Crippen LogP contribution is -2.33. The van der Waals surface area contributed by atoms with Crippen molar-refractivity contribution in [1.82, 2.24) is 4.98 Å². The maximum absolute atomic E-state index is 13.9. The van der Waals surface area contributed by atoms with E-state index in [0.29, 0.717) is 5.56 Å². The highest BCUT2D eigenvalue weighted by Gasteiger charge is 2.39. The number of halogens is 4. The molecule has 0 radical (unpaired) electrons. The number of ether oxygens (including phenoxy) is 1. The van der Waals surface area contributed by atoms with Crippen molar-refractivity contribution >= 4 is 23.1 Å². The quantitative estimate of drug-likeness (QED) is 0.455. The van der Waals surface area contributed by atoms with Crippen molar-refractivity contribution in [2.45, 2.75) is 39.2 Å². The number of Topliss-reactive ketones (excluding diaryl/α,β-unsaturated/α-hetero) is 1. The second-order valence-electron chi connectivity index (χ2n) is 6.95. The van der Waals surface area contributed by atoms with E-state index in [1.807, 2.05) is 0 Å². The fourth-order valence-corrected chi connectivity index (χ4v) is 3.16. The van der Waals surface area contributed by atoms with E-state index in [9.17, 15) is 27.2 Å². The van der Waals surface area contributed by atoms with E-state index >= 15 is 0 Å². The lowest BCUT2D eigenvalue weighted by molar-refractivity contribution is -0.128. The summed E-state index contributed by atoms with van der Waals surface area (Å²) in [7, 11) is 0. The molecule has 1 atom stereocenters. The smallest absolute Gasteiger partial charge is 0.387 e. The number of hydrazone groups is 1. The van der Waals surface area contributed by atoms with Crippen LogP contribution in [0.3, 0.4) is 0 Å². The molecule has 6 nitrogen and oxygen atoms in total. The molecule has 3 rings (SSSR count). The summed E-state index contributed by atoms with van der Waals surface area (Å²) >= 11 is 0. The molecule has 0 saturated carbocycles. The molecule has 0 fully saturated rings. The van der Waals surface area contributed by atoms with Crippen LogP contribution in [0.4, 0.5) is 23.2 Å². The maximum atomic E-state index is 13.9. The van der Waals surface area contributed by atoms with Gasteiger partial charge in [0.1, 0.15) is 17.4 Å². The highest BCUT2D eigenvalue weighted by atomic mass is 19.3. The van der Waals surface area contributed by atoms with Crippen molar-refractivity contribution in [2.75, 3.05) is 5.01 Å². The molecule has 164 valence electrons. The van der Waals surface area contributed by atoms with Crippen LogP contribution in [0.25, 0.3) is 0 Å². The van der Waals surface area contributed by atoms with Crippen molar-refractivity contribution in [1.29, 1.82) is 0 Å². The molecule has 2 heterocycles. The predicted octanol–water partition coefficient (Wildman–Crippen LogP) is 4.34. The summed E-state index contributed by atoms with van der Waals surface area (Å²) in [5.74, 6) is -5.48. The largest absolute Gasteiger partial charge is 0.435 e. The number of nitrogens with zero attached hydrogens (tertiary/aromatic N) is 3. The number of carbonyl (C=O) groups excluding carboxylic acids is 2. The Morgan fingerprint density at radius 3 is 2.52 bits per heavy atom. The van der Waals surface area contributed by atoms with Gasteiger partial charge in [0.05, 0.1) is 11.4 Å². The topological polar surface area (TPSA) is 71.9 Å². The lowest BCUT2D eigenvalue weighted by atomic mass is 9.94. The Balaban J connectivity index is 1.74. The average Bonchev–Trinajstić information content (AvgIpc) is 3.02. The van der Waals surface area contributed by atoms with E-state index < -0.39 is 42.3 Å². The second-order valence-corrected chi connectivity index (χ2v) is 6.95. The van der Waals surface area contributed by atoms with Crippen LogP contribution in [0.15, 0.2) is 47.7 Å². The number of hydrogen-bond acceptors (Lipinski definition) is 5. The van der Waals surface area contributed by atoms with Crippen molar-refractivity contribution in [3.8, 4) is 5.75 Å². The van der Waals surface area contributed by atoms with E-state index in [4.69, 9.17) is 0 Å². The number of amides is 1. The molecule has 1 aliphatic heterocycles. The standard InChI is InChI=1S/C21H19F4N3O3/c1-3-21(24,25)17-11-13(8-9-26-17)10-16(29)18-12(2)27-28(19(18)30)14-4-6-15(7-5-14)31-20(22)23/h4-9,11,18,20H,3,10H2,1-2H3. The van der Waals surface area contributed by atoms with Crippen LogP contribution in [0, 0.1) is 5.92 Å². The molecule has 1 amide bonds. The molecule has 0 saturated heterocycles. The molecule has 0 bridgehead atoms. The summed E-state index contributed by atoms with van der Waals surface area (Å²) < 4.78 is 56.6. The number of pyridine rings is 1. The number of aromatic nitrogens is 1. The molecule has 1 unspecified atom stereocenters. The maximum Gasteiger partial charge on any atom is 0.387 e. The van der Waals surface area contributed by atoms with Gasteiger partial charge in [-0.2, -0.15) is 27.7 Å². The van der Waals surface area contributed by atoms with Gasteiger partial charge in [0.15, 0.2) is 5.78 Å². The van der Waals surface area contributed by atoms with Gasteiger partial charge in [-0.05, 0) is 48.9 Å². The van der Waals surface area contributed by atoms with Crippen molar-refractivity contribution in [2.24, 2.45) is 11.0 Å². The van der Waals surface area contributed by atoms with Crippen molar-refractivity contribution in [3.05, 3.63) is 53.9 Å². The van der Waals surface area contributed by atoms with Crippen LogP contribution < -0.4 is 9.75 Å². The zero-order valence-electron chi connectivity index (χ0n) is 16.7. The minimum atomic E-state index is -3.11. The predicted molar refractivity (Wildman–Crippen MR) is 104 cm³/mol. The Bertz CT molecular complexity index is 1010. The van der Waals surface area contributed by atoms with Gasteiger partial charge in [0, 0.05) is 19.0 Å². The Labute approximate surface area is 175 Å². The molecule has 2 aromatic rings. The first-order chi connectivity index (χ1) is 14.6. The molecular formula is C21H19F4N3O3. The number of carbonyl (C=O) groups is 2. The van der Waals surface area contributed by atoms with Gasteiger partial charge in [-0.1, -0.05) is 6.92 Å². The first-order valence-electron chi connectivity index (χ1n) is 9.42. The van der Waals surface area contributed by atoms with E-state index in [1.165, 1.54) is 50.4 Å². The Morgan fingerprint density at radius 2 is 1.90 bits per heavy atom. The SMILES string of the molecule is CCC(F)(F)c1cc(CC(=O)C2C(=O)N(c3ccc(OC(F)F)cc3)N=C2C)ccn1. The Hall–Kier alpha value is -3.30. The van der Waals surface area contributed by atoms with Gasteiger partial charge < -0.3 is 4.74 Å². The molecule has 0 N–H and O–H groups in total. The molecule has 0 aliphatic carbocycles. The van der Waals surface area contributed by atoms with E-state index in [-0.39, 0.29) is 23.6 Å². The zero-order chi connectivity index (χ0) is 22.8. The molecule has 10 heteroatoms. The number of hydrogen-bond donors (Lipinski definition) is 0. The molecule has 1 aromatic carbocycles. The first-order valence-corrected chi connectivity index (χ1v) is 9.42. The number of anilines is 1. The average molecular weight is 437 g/mol. The van der Waals surface area contributed by atoms with Gasteiger partial charge in [0.25, 0.3) is 11.8 Å². The molecular weight excluding hydrogens is 418 g/mol. The van der Waals surface area contributed by atoms with Gasteiger partial charge >= 0.3 is 6.61 Å². The molecule has 31 heavy (non-hydrogen) atoms. The summed E-state index contributed by atoms with van der Waals surface area (Å²) in [6, 6.07) is 7.83. The van der Waals surface area contributed by atoms with Gasteiger partial charge in [-0.3, -0.25) is 14.6 Å². The lowest BCUT2D eigenvalue weighted by Gasteiger charge is -2.15. The number of alkyl halides is 4. The third kappa shape index (κ3) is 4.89. The second kappa shape index (κ2) is 8.83.